The fraction of sp³-hybridized carbons (Fsp3) is 0.111. The highest BCUT2D eigenvalue weighted by Crippen LogP contribution is 2.24. The molecule has 1 aliphatic rings. The molecule has 7 heteroatoms. The zero-order valence-electron chi connectivity index (χ0n) is 13.0. The molecule has 3 rings (SSSR count). The summed E-state index contributed by atoms with van der Waals surface area (Å²) < 4.78 is 0. The Morgan fingerprint density at radius 2 is 1.64 bits per heavy atom. The number of para-hydroxylation sites is 2. The smallest absolute Gasteiger partial charge is 0.337 e. The standard InChI is InChI=1S/C18H14N2O5/c21-14-10-20(11-6-2-1-3-7-11)17(23)15(14)16(22)19-13-9-5-4-8-12(13)18(24)25/h1-9,15H,10H2,(H,19,22)(H,24,25). The van der Waals surface area contributed by atoms with E-state index in [4.69, 9.17) is 5.11 Å². The minimum Gasteiger partial charge on any atom is -0.478 e. The van der Waals surface area contributed by atoms with Gasteiger partial charge < -0.3 is 15.3 Å². The van der Waals surface area contributed by atoms with Crippen molar-refractivity contribution >= 4 is 34.9 Å². The van der Waals surface area contributed by atoms with Crippen LogP contribution in [-0.2, 0) is 14.4 Å². The number of hydrogen-bond acceptors (Lipinski definition) is 4. The van der Waals surface area contributed by atoms with E-state index in [1.165, 1.54) is 23.1 Å². The lowest BCUT2D eigenvalue weighted by Gasteiger charge is -2.15. The minimum atomic E-state index is -1.48. The van der Waals surface area contributed by atoms with Crippen LogP contribution in [0.2, 0.25) is 0 Å². The Kier molecular flexibility index (Phi) is 4.30. The predicted molar refractivity (Wildman–Crippen MR) is 89.3 cm³/mol. The third-order valence-corrected chi connectivity index (χ3v) is 3.89. The SMILES string of the molecule is O=C(O)c1ccccc1NC(=O)C1C(=O)CN(c2ccccc2)C1=O. The molecule has 1 unspecified atom stereocenters. The van der Waals surface area contributed by atoms with Gasteiger partial charge in [-0.3, -0.25) is 14.4 Å². The molecule has 126 valence electrons. The molecule has 0 spiro atoms. The molecule has 25 heavy (non-hydrogen) atoms. The van der Waals surface area contributed by atoms with E-state index in [1.807, 2.05) is 0 Å². The van der Waals surface area contributed by atoms with Crippen LogP contribution in [-0.4, -0.2) is 35.2 Å². The highest BCUT2D eigenvalue weighted by Gasteiger charge is 2.44. The second-order valence-corrected chi connectivity index (χ2v) is 5.50. The first-order valence-corrected chi connectivity index (χ1v) is 7.51. The molecule has 0 bridgehead atoms. The molecule has 1 fully saturated rings. The maximum Gasteiger partial charge on any atom is 0.337 e. The summed E-state index contributed by atoms with van der Waals surface area (Å²) in [5, 5.41) is 11.5. The van der Waals surface area contributed by atoms with Crippen LogP contribution in [0.4, 0.5) is 11.4 Å². The normalized spacial score (nSPS) is 16.8. The number of carbonyl (C=O) groups excluding carboxylic acids is 3. The zero-order valence-corrected chi connectivity index (χ0v) is 13.0. The summed E-state index contributed by atoms with van der Waals surface area (Å²) in [6.07, 6.45) is 0. The molecule has 7 nitrogen and oxygen atoms in total. The van der Waals surface area contributed by atoms with Crippen molar-refractivity contribution in [2.45, 2.75) is 0 Å². The molecule has 1 aliphatic heterocycles. The molecule has 2 aromatic carbocycles. The average molecular weight is 338 g/mol. The Morgan fingerprint density at radius 1 is 1.00 bits per heavy atom. The summed E-state index contributed by atoms with van der Waals surface area (Å²) >= 11 is 0. The average Bonchev–Trinajstić information content (AvgIpc) is 2.90. The van der Waals surface area contributed by atoms with E-state index in [-0.39, 0.29) is 17.8 Å². The number of hydrogen-bond donors (Lipinski definition) is 2. The van der Waals surface area contributed by atoms with Gasteiger partial charge in [-0.25, -0.2) is 4.79 Å². The number of nitrogens with zero attached hydrogens (tertiary/aromatic N) is 1. The molecule has 2 amide bonds. The molecule has 0 saturated carbocycles. The number of carboxylic acids is 1. The van der Waals surface area contributed by atoms with E-state index in [1.54, 1.807) is 36.4 Å². The lowest BCUT2D eigenvalue weighted by Crippen LogP contribution is -2.34. The van der Waals surface area contributed by atoms with E-state index in [9.17, 15) is 19.2 Å². The van der Waals surface area contributed by atoms with Crippen molar-refractivity contribution in [1.82, 2.24) is 0 Å². The van der Waals surface area contributed by atoms with Crippen LogP contribution in [0.25, 0.3) is 0 Å². The molecule has 1 atom stereocenters. The predicted octanol–water partition coefficient (Wildman–Crippen LogP) is 1.56. The zero-order chi connectivity index (χ0) is 18.0. The van der Waals surface area contributed by atoms with Crippen LogP contribution in [0, 0.1) is 5.92 Å². The van der Waals surface area contributed by atoms with Crippen molar-refractivity contribution in [2.24, 2.45) is 5.92 Å². The first-order chi connectivity index (χ1) is 12.0. The van der Waals surface area contributed by atoms with Crippen LogP contribution in [0.1, 0.15) is 10.4 Å². The molecular weight excluding hydrogens is 324 g/mol. The number of nitrogens with one attached hydrogen (secondary N) is 1. The van der Waals surface area contributed by atoms with Crippen LogP contribution in [0.3, 0.4) is 0 Å². The van der Waals surface area contributed by atoms with Crippen molar-refractivity contribution in [3.05, 3.63) is 60.2 Å². The number of aromatic carboxylic acids is 1. The van der Waals surface area contributed by atoms with Crippen molar-refractivity contribution in [2.75, 3.05) is 16.8 Å². The summed E-state index contributed by atoms with van der Waals surface area (Å²) in [7, 11) is 0. The Labute approximate surface area is 142 Å². The maximum atomic E-state index is 12.5. The van der Waals surface area contributed by atoms with E-state index < -0.39 is 29.5 Å². The van der Waals surface area contributed by atoms with Gasteiger partial charge in [-0.15, -0.1) is 0 Å². The van der Waals surface area contributed by atoms with Crippen molar-refractivity contribution in [1.29, 1.82) is 0 Å². The number of carbonyl (C=O) groups is 4. The molecule has 0 aromatic heterocycles. The Hall–Kier alpha value is -3.48. The minimum absolute atomic E-state index is 0.0405. The van der Waals surface area contributed by atoms with Crippen molar-refractivity contribution in [3.8, 4) is 0 Å². The number of carboxylic acid groups (broad SMARTS) is 1. The largest absolute Gasteiger partial charge is 0.478 e. The number of Topliss-reactive ketones (excluding diaryl/α,β-unsaturated/α-hetero) is 1. The summed E-state index contributed by atoms with van der Waals surface area (Å²) in [5.74, 6) is -4.68. The first kappa shape index (κ1) is 16.4. The van der Waals surface area contributed by atoms with Gasteiger partial charge in [0.05, 0.1) is 17.8 Å². The van der Waals surface area contributed by atoms with Gasteiger partial charge in [0.15, 0.2) is 11.7 Å². The third-order valence-electron chi connectivity index (χ3n) is 3.89. The molecule has 0 aliphatic carbocycles. The van der Waals surface area contributed by atoms with Crippen LogP contribution < -0.4 is 10.2 Å². The number of amides is 2. The number of benzene rings is 2. The van der Waals surface area contributed by atoms with Crippen molar-refractivity contribution in [3.63, 3.8) is 0 Å². The fourth-order valence-corrected chi connectivity index (χ4v) is 2.69. The van der Waals surface area contributed by atoms with E-state index in [0.29, 0.717) is 5.69 Å². The Bertz CT molecular complexity index is 863. The second kappa shape index (κ2) is 6.56. The van der Waals surface area contributed by atoms with E-state index in [2.05, 4.69) is 5.32 Å². The van der Waals surface area contributed by atoms with Crippen LogP contribution in [0.5, 0.6) is 0 Å². The van der Waals surface area contributed by atoms with Crippen LogP contribution in [0.15, 0.2) is 54.6 Å². The van der Waals surface area contributed by atoms with Crippen LogP contribution >= 0.6 is 0 Å². The van der Waals surface area contributed by atoms with E-state index in [0.717, 1.165) is 0 Å². The number of anilines is 2. The van der Waals surface area contributed by atoms with Gasteiger partial charge in [0, 0.05) is 5.69 Å². The van der Waals surface area contributed by atoms with Crippen molar-refractivity contribution < 1.29 is 24.3 Å². The van der Waals surface area contributed by atoms with Gasteiger partial charge >= 0.3 is 5.97 Å². The number of ketones is 1. The van der Waals surface area contributed by atoms with Gasteiger partial charge in [0.25, 0.3) is 0 Å². The number of rotatable bonds is 4. The molecular formula is C18H14N2O5. The molecule has 1 heterocycles. The molecule has 2 N–H and O–H groups in total. The summed E-state index contributed by atoms with van der Waals surface area (Å²) in [5.41, 5.74) is 0.453. The first-order valence-electron chi connectivity index (χ1n) is 7.51. The van der Waals surface area contributed by atoms with Gasteiger partial charge in [0.2, 0.25) is 11.8 Å². The highest BCUT2D eigenvalue weighted by atomic mass is 16.4. The molecule has 0 radical (unpaired) electrons. The lowest BCUT2D eigenvalue weighted by atomic mass is 10.1. The summed E-state index contributed by atoms with van der Waals surface area (Å²) in [6, 6.07) is 14.4. The quantitative estimate of drug-likeness (QED) is 0.823. The van der Waals surface area contributed by atoms with Gasteiger partial charge in [0.1, 0.15) is 0 Å². The maximum absolute atomic E-state index is 12.5. The van der Waals surface area contributed by atoms with Gasteiger partial charge in [-0.1, -0.05) is 30.3 Å². The molecule has 2 aromatic rings. The third kappa shape index (κ3) is 3.12. The Balaban J connectivity index is 1.82. The lowest BCUT2D eigenvalue weighted by molar-refractivity contribution is -0.134. The molecule has 1 saturated heterocycles. The second-order valence-electron chi connectivity index (χ2n) is 5.50. The van der Waals surface area contributed by atoms with Gasteiger partial charge in [-0.05, 0) is 24.3 Å². The van der Waals surface area contributed by atoms with Gasteiger partial charge in [-0.2, -0.15) is 0 Å². The van der Waals surface area contributed by atoms with E-state index >= 15 is 0 Å². The topological polar surface area (TPSA) is 104 Å². The fourth-order valence-electron chi connectivity index (χ4n) is 2.69. The summed E-state index contributed by atoms with van der Waals surface area (Å²) in [4.78, 5) is 49.5. The summed E-state index contributed by atoms with van der Waals surface area (Å²) in [6.45, 7) is -0.193. The monoisotopic (exact) mass is 338 g/mol. The highest BCUT2D eigenvalue weighted by molar-refractivity contribution is 6.30. The Morgan fingerprint density at radius 3 is 2.32 bits per heavy atom.